The lowest BCUT2D eigenvalue weighted by molar-refractivity contribution is -0.394. The van der Waals surface area contributed by atoms with Crippen molar-refractivity contribution in [3.63, 3.8) is 0 Å². The third-order valence-electron chi connectivity index (χ3n) is 4.89. The van der Waals surface area contributed by atoms with Crippen LogP contribution < -0.4 is 9.47 Å². The molecule has 0 amide bonds. The molecule has 0 atom stereocenters. The fourth-order valence-corrected chi connectivity index (χ4v) is 3.19. The second-order valence-electron chi connectivity index (χ2n) is 7.01. The average Bonchev–Trinajstić information content (AvgIpc) is 2.81. The summed E-state index contributed by atoms with van der Waals surface area (Å²) < 4.78 is 9.98. The van der Waals surface area contributed by atoms with Crippen LogP contribution in [0.2, 0.25) is 0 Å². The van der Waals surface area contributed by atoms with E-state index < -0.39 is 21.2 Å². The minimum absolute atomic E-state index is 0.103. The molecule has 3 aromatic rings. The quantitative estimate of drug-likeness (QED) is 0.260. The molecule has 0 unspecified atom stereocenters. The number of aromatic hydroxyl groups is 2. The molecule has 3 rings (SSSR count). The van der Waals surface area contributed by atoms with Gasteiger partial charge in [0, 0.05) is 0 Å². The standard InChI is InChI=1S/C24H20N2O8/c1-33-23-9-5-15(11-21(23)27)3-7-17-13-18(20(26(31)32)14-19(17)25(29)30)8-4-16-6-10-24(34-2)22(28)12-16/h3-14,27-28H,1-2H3/b7-3+,8-4+. The van der Waals surface area contributed by atoms with E-state index in [1.54, 1.807) is 12.1 Å². The summed E-state index contributed by atoms with van der Waals surface area (Å²) in [5, 5.41) is 43.0. The van der Waals surface area contributed by atoms with Crippen LogP contribution in [0.5, 0.6) is 23.0 Å². The summed E-state index contributed by atoms with van der Waals surface area (Å²) in [5.41, 5.74) is 0.444. The summed E-state index contributed by atoms with van der Waals surface area (Å²) in [6.07, 6.45) is 5.92. The van der Waals surface area contributed by atoms with Crippen LogP contribution in [0.1, 0.15) is 22.3 Å². The smallest absolute Gasteiger partial charge is 0.283 e. The van der Waals surface area contributed by atoms with Crippen molar-refractivity contribution in [1.29, 1.82) is 0 Å². The lowest BCUT2D eigenvalue weighted by Crippen LogP contribution is -1.98. The molecule has 3 aromatic carbocycles. The fraction of sp³-hybridized carbons (Fsp3) is 0.0833. The van der Waals surface area contributed by atoms with Crippen molar-refractivity contribution in [2.45, 2.75) is 0 Å². The van der Waals surface area contributed by atoms with Gasteiger partial charge in [-0.15, -0.1) is 0 Å². The Morgan fingerprint density at radius 3 is 1.41 bits per heavy atom. The lowest BCUT2D eigenvalue weighted by atomic mass is 10.0. The molecule has 0 saturated carbocycles. The van der Waals surface area contributed by atoms with Crippen LogP contribution in [0.4, 0.5) is 11.4 Å². The first-order valence-corrected chi connectivity index (χ1v) is 9.80. The number of nitro groups is 2. The number of methoxy groups -OCH3 is 2. The summed E-state index contributed by atoms with van der Waals surface area (Å²) in [7, 11) is 2.82. The largest absolute Gasteiger partial charge is 0.504 e. The number of nitrogens with zero attached hydrogens (tertiary/aromatic N) is 2. The number of nitro benzene ring substituents is 2. The molecule has 0 aliphatic carbocycles. The summed E-state index contributed by atoms with van der Waals surface area (Å²) in [5.74, 6) is 0.342. The van der Waals surface area contributed by atoms with Crippen LogP contribution in [0.15, 0.2) is 48.5 Å². The van der Waals surface area contributed by atoms with Crippen LogP contribution in [0.25, 0.3) is 24.3 Å². The molecule has 0 bridgehead atoms. The third-order valence-corrected chi connectivity index (χ3v) is 4.89. The molecule has 0 heterocycles. The zero-order valence-corrected chi connectivity index (χ0v) is 18.2. The van der Waals surface area contributed by atoms with Gasteiger partial charge >= 0.3 is 0 Å². The van der Waals surface area contributed by atoms with Gasteiger partial charge in [-0.1, -0.05) is 24.3 Å². The Balaban J connectivity index is 2.05. The maximum atomic E-state index is 11.6. The molecule has 0 fully saturated rings. The lowest BCUT2D eigenvalue weighted by Gasteiger charge is -2.05. The van der Waals surface area contributed by atoms with E-state index >= 15 is 0 Å². The van der Waals surface area contributed by atoms with Gasteiger partial charge in [-0.05, 0) is 53.6 Å². The predicted molar refractivity (Wildman–Crippen MR) is 127 cm³/mol. The van der Waals surface area contributed by atoms with Gasteiger partial charge in [0.2, 0.25) is 0 Å². The number of hydrogen-bond acceptors (Lipinski definition) is 8. The van der Waals surface area contributed by atoms with Crippen molar-refractivity contribution in [3.8, 4) is 23.0 Å². The number of phenols is 2. The Morgan fingerprint density at radius 1 is 0.676 bits per heavy atom. The zero-order chi connectivity index (χ0) is 24.8. The van der Waals surface area contributed by atoms with Gasteiger partial charge < -0.3 is 19.7 Å². The number of benzene rings is 3. The summed E-state index contributed by atoms with van der Waals surface area (Å²) in [6, 6.07) is 11.4. The first-order valence-electron chi connectivity index (χ1n) is 9.80. The average molecular weight is 464 g/mol. The Bertz CT molecular complexity index is 1220. The molecule has 10 heteroatoms. The highest BCUT2D eigenvalue weighted by Crippen LogP contribution is 2.33. The highest BCUT2D eigenvalue weighted by atomic mass is 16.6. The Kier molecular flexibility index (Phi) is 7.12. The highest BCUT2D eigenvalue weighted by molar-refractivity contribution is 5.82. The first-order chi connectivity index (χ1) is 16.2. The van der Waals surface area contributed by atoms with E-state index in [1.165, 1.54) is 68.9 Å². The number of rotatable bonds is 8. The Morgan fingerprint density at radius 2 is 1.09 bits per heavy atom. The molecule has 0 aliphatic heterocycles. The molecule has 2 N–H and O–H groups in total. The number of ether oxygens (including phenoxy) is 2. The molecular formula is C24H20N2O8. The molecule has 0 saturated heterocycles. The van der Waals surface area contributed by atoms with Crippen molar-refractivity contribution < 1.29 is 29.5 Å². The number of phenolic OH excluding ortho intramolecular Hbond substituents is 2. The van der Waals surface area contributed by atoms with Crippen molar-refractivity contribution in [2.24, 2.45) is 0 Å². The van der Waals surface area contributed by atoms with E-state index in [4.69, 9.17) is 9.47 Å². The maximum absolute atomic E-state index is 11.6. The van der Waals surface area contributed by atoms with Crippen molar-refractivity contribution >= 4 is 35.7 Å². The van der Waals surface area contributed by atoms with Crippen LogP contribution in [0, 0.1) is 20.2 Å². The normalized spacial score (nSPS) is 11.1. The van der Waals surface area contributed by atoms with E-state index in [1.807, 2.05) is 0 Å². The third kappa shape index (κ3) is 5.30. The van der Waals surface area contributed by atoms with Crippen LogP contribution in [-0.2, 0) is 0 Å². The topological polar surface area (TPSA) is 145 Å². The minimum atomic E-state index is -0.701. The second kappa shape index (κ2) is 10.2. The van der Waals surface area contributed by atoms with Gasteiger partial charge in [-0.2, -0.15) is 0 Å². The second-order valence-corrected chi connectivity index (χ2v) is 7.01. The molecule has 34 heavy (non-hydrogen) atoms. The summed E-state index contributed by atoms with van der Waals surface area (Å²) in [4.78, 5) is 21.7. The maximum Gasteiger partial charge on any atom is 0.283 e. The molecule has 10 nitrogen and oxygen atoms in total. The van der Waals surface area contributed by atoms with Gasteiger partial charge in [0.1, 0.15) is 0 Å². The SMILES string of the molecule is COc1ccc(/C=C/c2cc(/C=C/c3ccc(OC)c(O)c3)c([N+](=O)[O-])cc2[N+](=O)[O-])cc1O. The van der Waals surface area contributed by atoms with E-state index in [0.29, 0.717) is 11.1 Å². The molecule has 0 aliphatic rings. The molecular weight excluding hydrogens is 444 g/mol. The summed E-state index contributed by atoms with van der Waals surface area (Å²) in [6.45, 7) is 0. The van der Waals surface area contributed by atoms with E-state index in [9.17, 15) is 30.4 Å². The highest BCUT2D eigenvalue weighted by Gasteiger charge is 2.22. The molecule has 174 valence electrons. The fourth-order valence-electron chi connectivity index (χ4n) is 3.19. The van der Waals surface area contributed by atoms with Gasteiger partial charge in [-0.25, -0.2) is 0 Å². The zero-order valence-electron chi connectivity index (χ0n) is 18.2. The monoisotopic (exact) mass is 464 g/mol. The van der Waals surface area contributed by atoms with Gasteiger partial charge in [-0.3, -0.25) is 20.2 Å². The Hall–Kier alpha value is -4.86. The van der Waals surface area contributed by atoms with Crippen molar-refractivity contribution in [1.82, 2.24) is 0 Å². The molecule has 0 spiro atoms. The van der Waals surface area contributed by atoms with Crippen molar-refractivity contribution in [2.75, 3.05) is 14.2 Å². The van der Waals surface area contributed by atoms with E-state index in [2.05, 4.69) is 0 Å². The summed E-state index contributed by atoms with van der Waals surface area (Å²) >= 11 is 0. The van der Waals surface area contributed by atoms with Crippen molar-refractivity contribution in [3.05, 3.63) is 91.0 Å². The van der Waals surface area contributed by atoms with Gasteiger partial charge in [0.15, 0.2) is 23.0 Å². The van der Waals surface area contributed by atoms with Gasteiger partial charge in [0.05, 0.1) is 41.3 Å². The van der Waals surface area contributed by atoms with Crippen LogP contribution in [-0.4, -0.2) is 34.3 Å². The van der Waals surface area contributed by atoms with Gasteiger partial charge in [0.25, 0.3) is 11.4 Å². The molecule has 0 radical (unpaired) electrons. The molecule has 0 aromatic heterocycles. The van der Waals surface area contributed by atoms with E-state index in [-0.39, 0.29) is 34.1 Å². The van der Waals surface area contributed by atoms with Crippen LogP contribution >= 0.6 is 0 Å². The minimum Gasteiger partial charge on any atom is -0.504 e. The van der Waals surface area contributed by atoms with E-state index in [0.717, 1.165) is 6.07 Å². The number of hydrogen-bond donors (Lipinski definition) is 2. The first kappa shape index (κ1) is 23.8. The van der Waals surface area contributed by atoms with Crippen LogP contribution in [0.3, 0.4) is 0 Å². The Labute approximate surface area is 193 Å². The predicted octanol–water partition coefficient (Wildman–Crippen LogP) is 5.27.